The Kier molecular flexibility index (Phi) is 6.62. The second kappa shape index (κ2) is 8.28. The van der Waals surface area contributed by atoms with E-state index in [1.807, 2.05) is 24.3 Å². The van der Waals surface area contributed by atoms with Crippen LogP contribution in [0.5, 0.6) is 5.75 Å². The van der Waals surface area contributed by atoms with Crippen LogP contribution in [0.3, 0.4) is 0 Å². The largest absolute Gasteiger partial charge is 0.497 e. The van der Waals surface area contributed by atoms with Crippen LogP contribution in [0, 0.1) is 0 Å². The molecule has 0 aliphatic rings. The highest BCUT2D eigenvalue weighted by atomic mass is 32.2. The molecule has 0 unspecified atom stereocenters. The van der Waals surface area contributed by atoms with Gasteiger partial charge in [-0.15, -0.1) is 0 Å². The van der Waals surface area contributed by atoms with Crippen LogP contribution in [0.2, 0.25) is 0 Å². The molecule has 6 nitrogen and oxygen atoms in total. The summed E-state index contributed by atoms with van der Waals surface area (Å²) in [4.78, 5) is 8.29. The predicted molar refractivity (Wildman–Crippen MR) is 80.0 cm³/mol. The summed E-state index contributed by atoms with van der Waals surface area (Å²) < 4.78 is 5.09. The number of nitrogens with zero attached hydrogens (tertiary/aromatic N) is 1. The highest BCUT2D eigenvalue weighted by Crippen LogP contribution is 2.20. The number of anilines is 1. The van der Waals surface area contributed by atoms with Crippen LogP contribution in [-0.2, 0) is 4.84 Å². The molecule has 0 bridgehead atoms. The summed E-state index contributed by atoms with van der Waals surface area (Å²) in [5.74, 6) is 6.82. The van der Waals surface area contributed by atoms with Gasteiger partial charge in [0.15, 0.2) is 0 Å². The van der Waals surface area contributed by atoms with Gasteiger partial charge >= 0.3 is 0 Å². The molecule has 0 fully saturated rings. The van der Waals surface area contributed by atoms with E-state index in [4.69, 9.17) is 10.6 Å². The Morgan fingerprint density at radius 3 is 2.58 bits per heavy atom. The van der Waals surface area contributed by atoms with Crippen LogP contribution < -0.4 is 21.3 Å². The van der Waals surface area contributed by atoms with Gasteiger partial charge < -0.3 is 20.2 Å². The van der Waals surface area contributed by atoms with Gasteiger partial charge in [-0.2, -0.15) is 5.90 Å². The van der Waals surface area contributed by atoms with E-state index in [1.165, 1.54) is 11.8 Å². The van der Waals surface area contributed by atoms with Gasteiger partial charge in [-0.05, 0) is 31.0 Å². The first-order valence-corrected chi connectivity index (χ1v) is 6.50. The van der Waals surface area contributed by atoms with Gasteiger partial charge in [0, 0.05) is 12.7 Å². The Morgan fingerprint density at radius 1 is 1.42 bits per heavy atom. The average molecular weight is 282 g/mol. The molecule has 0 aliphatic heterocycles. The highest BCUT2D eigenvalue weighted by Gasteiger charge is 2.05. The van der Waals surface area contributed by atoms with Gasteiger partial charge in [0.25, 0.3) is 5.88 Å². The third-order valence-corrected chi connectivity index (χ3v) is 3.22. The molecule has 0 amide bonds. The van der Waals surface area contributed by atoms with Crippen molar-refractivity contribution in [2.45, 2.75) is 0 Å². The average Bonchev–Trinajstić information content (AvgIpc) is 2.47. The zero-order valence-corrected chi connectivity index (χ0v) is 11.8. The number of nitrogens with one attached hydrogen (secondary N) is 2. The summed E-state index contributed by atoms with van der Waals surface area (Å²) >= 11 is 1.47. The van der Waals surface area contributed by atoms with Gasteiger partial charge in [-0.3, -0.25) is 0 Å². The molecule has 4 N–H and O–H groups in total. The summed E-state index contributed by atoms with van der Waals surface area (Å²) in [6.07, 6.45) is 0. The number of rotatable bonds is 8. The molecular formula is C12H18N4O2S. The van der Waals surface area contributed by atoms with E-state index in [0.29, 0.717) is 10.9 Å². The van der Waals surface area contributed by atoms with E-state index >= 15 is 0 Å². The Bertz CT molecular complexity index is 434. The molecular weight excluding hydrogens is 264 g/mol. The van der Waals surface area contributed by atoms with Crippen molar-refractivity contribution in [3.05, 3.63) is 35.2 Å². The van der Waals surface area contributed by atoms with Gasteiger partial charge in [0.05, 0.1) is 13.0 Å². The maximum Gasteiger partial charge on any atom is 0.266 e. The summed E-state index contributed by atoms with van der Waals surface area (Å²) in [6, 6.07) is 7.66. The van der Waals surface area contributed by atoms with Crippen LogP contribution in [0.1, 0.15) is 0 Å². The SMILES string of the molecule is C=N/C(ON)=C(/NC)SCNc1ccc(OC)cc1. The van der Waals surface area contributed by atoms with Crippen molar-refractivity contribution in [3.8, 4) is 5.75 Å². The molecule has 0 radical (unpaired) electrons. The van der Waals surface area contributed by atoms with Crippen LogP contribution in [0.15, 0.2) is 40.2 Å². The van der Waals surface area contributed by atoms with Crippen molar-refractivity contribution in [2.75, 3.05) is 25.4 Å². The first-order chi connectivity index (χ1) is 9.24. The Balaban J connectivity index is 2.52. The lowest BCUT2D eigenvalue weighted by molar-refractivity contribution is 0.216. The van der Waals surface area contributed by atoms with Gasteiger partial charge in [0.1, 0.15) is 10.8 Å². The Hall–Kier alpha value is -1.86. The number of nitrogens with two attached hydrogens (primary N) is 1. The van der Waals surface area contributed by atoms with E-state index in [1.54, 1.807) is 14.2 Å². The molecule has 1 aromatic carbocycles. The molecule has 0 spiro atoms. The van der Waals surface area contributed by atoms with E-state index < -0.39 is 0 Å². The highest BCUT2D eigenvalue weighted by molar-refractivity contribution is 8.03. The van der Waals surface area contributed by atoms with Crippen molar-refractivity contribution >= 4 is 24.2 Å². The van der Waals surface area contributed by atoms with E-state index in [0.717, 1.165) is 11.4 Å². The number of hydrogen-bond acceptors (Lipinski definition) is 7. The first-order valence-electron chi connectivity index (χ1n) is 5.51. The number of methoxy groups -OCH3 is 1. The molecule has 0 aliphatic carbocycles. The standard InChI is InChI=1S/C12H18N4O2S/c1-14-11(18-13)12(15-2)19-8-16-9-4-6-10(17-3)7-5-9/h4-7,15-16H,1,8,13H2,2-3H3/b12-11+. The molecule has 1 rings (SSSR count). The molecule has 1 aromatic rings. The molecule has 0 aromatic heterocycles. The Morgan fingerprint density at radius 2 is 2.11 bits per heavy atom. The number of benzene rings is 1. The lowest BCUT2D eigenvalue weighted by Gasteiger charge is -2.10. The van der Waals surface area contributed by atoms with Crippen molar-refractivity contribution in [1.82, 2.24) is 5.32 Å². The van der Waals surface area contributed by atoms with E-state index in [2.05, 4.69) is 27.2 Å². The fraction of sp³-hybridized carbons (Fsp3) is 0.250. The second-order valence-corrected chi connectivity index (χ2v) is 4.34. The van der Waals surface area contributed by atoms with Crippen LogP contribution in [0.4, 0.5) is 5.69 Å². The number of ether oxygens (including phenoxy) is 1. The molecule has 0 saturated heterocycles. The summed E-state index contributed by atoms with van der Waals surface area (Å²) in [6.45, 7) is 3.39. The maximum atomic E-state index is 5.10. The molecule has 104 valence electrons. The number of hydrogen-bond donors (Lipinski definition) is 3. The van der Waals surface area contributed by atoms with E-state index in [9.17, 15) is 0 Å². The minimum Gasteiger partial charge on any atom is -0.497 e. The summed E-state index contributed by atoms with van der Waals surface area (Å²) in [5.41, 5.74) is 0.991. The third-order valence-electron chi connectivity index (χ3n) is 2.26. The molecule has 7 heteroatoms. The smallest absolute Gasteiger partial charge is 0.266 e. The van der Waals surface area contributed by atoms with Crippen molar-refractivity contribution in [1.29, 1.82) is 0 Å². The fourth-order valence-electron chi connectivity index (χ4n) is 1.30. The van der Waals surface area contributed by atoms with Crippen LogP contribution in [-0.4, -0.2) is 26.8 Å². The maximum absolute atomic E-state index is 5.10. The van der Waals surface area contributed by atoms with Crippen molar-refractivity contribution < 1.29 is 9.57 Å². The number of aliphatic imine (C=N–C) groups is 1. The van der Waals surface area contributed by atoms with E-state index in [-0.39, 0.29) is 5.88 Å². The summed E-state index contributed by atoms with van der Waals surface area (Å²) in [7, 11) is 3.40. The fourth-order valence-corrected chi connectivity index (χ4v) is 2.07. The summed E-state index contributed by atoms with van der Waals surface area (Å²) in [5, 5.41) is 6.90. The monoisotopic (exact) mass is 282 g/mol. The predicted octanol–water partition coefficient (Wildman–Crippen LogP) is 1.73. The van der Waals surface area contributed by atoms with Crippen LogP contribution in [0.25, 0.3) is 0 Å². The first kappa shape index (κ1) is 15.2. The molecule has 0 atom stereocenters. The van der Waals surface area contributed by atoms with Crippen molar-refractivity contribution in [3.63, 3.8) is 0 Å². The van der Waals surface area contributed by atoms with Crippen LogP contribution >= 0.6 is 11.8 Å². The minimum atomic E-state index is 0.268. The second-order valence-electron chi connectivity index (χ2n) is 3.35. The molecule has 0 heterocycles. The third kappa shape index (κ3) is 4.72. The molecule has 19 heavy (non-hydrogen) atoms. The van der Waals surface area contributed by atoms with Gasteiger partial charge in [-0.1, -0.05) is 11.8 Å². The van der Waals surface area contributed by atoms with Gasteiger partial charge in [0.2, 0.25) is 0 Å². The lowest BCUT2D eigenvalue weighted by atomic mass is 10.3. The molecule has 0 saturated carbocycles. The zero-order chi connectivity index (χ0) is 14.1. The van der Waals surface area contributed by atoms with Gasteiger partial charge in [-0.25, -0.2) is 4.99 Å². The normalized spacial score (nSPS) is 11.3. The topological polar surface area (TPSA) is 80.9 Å². The van der Waals surface area contributed by atoms with Crippen molar-refractivity contribution in [2.24, 2.45) is 10.9 Å². The minimum absolute atomic E-state index is 0.268. The number of thioether (sulfide) groups is 1. The Labute approximate surface area is 117 Å². The zero-order valence-electron chi connectivity index (χ0n) is 11.0. The quantitative estimate of drug-likeness (QED) is 0.292. The lowest BCUT2D eigenvalue weighted by Crippen LogP contribution is -2.11.